The number of carbonyl (C=O) groups excluding carboxylic acids is 3. The number of carbonyl (C=O) groups is 3. The number of halogens is 1. The first-order valence-corrected chi connectivity index (χ1v) is 13.7. The molecule has 8 heteroatoms. The minimum Gasteiger partial charge on any atom is -0.490 e. The molecule has 4 amide bonds. The molecule has 4 aromatic rings. The third-order valence-corrected chi connectivity index (χ3v) is 6.74. The number of allylic oxidation sites excluding steroid dienone is 1. The van der Waals surface area contributed by atoms with Crippen LogP contribution in [0.2, 0.25) is 0 Å². The summed E-state index contributed by atoms with van der Waals surface area (Å²) in [7, 11) is 0. The lowest BCUT2D eigenvalue weighted by Gasteiger charge is -2.34. The number of para-hydroxylation sites is 2. The molecule has 1 saturated heterocycles. The molecule has 0 bridgehead atoms. The average molecular weight is 577 g/mol. The van der Waals surface area contributed by atoms with E-state index in [-0.39, 0.29) is 18.0 Å². The van der Waals surface area contributed by atoms with Crippen molar-refractivity contribution in [2.75, 3.05) is 16.4 Å². The van der Waals surface area contributed by atoms with Crippen LogP contribution in [0.25, 0.3) is 6.08 Å². The fraction of sp³-hybridized carbons (Fsp3) is 0.114. The van der Waals surface area contributed by atoms with Gasteiger partial charge < -0.3 is 9.47 Å². The lowest BCUT2D eigenvalue weighted by atomic mass is 10.0. The second kappa shape index (κ2) is 13.0. The van der Waals surface area contributed by atoms with Gasteiger partial charge in [0, 0.05) is 11.1 Å². The summed E-state index contributed by atoms with van der Waals surface area (Å²) in [5.74, 6) is -1.13. The molecule has 216 valence electrons. The van der Waals surface area contributed by atoms with Gasteiger partial charge in [0.15, 0.2) is 11.5 Å². The van der Waals surface area contributed by atoms with Crippen molar-refractivity contribution in [1.29, 1.82) is 0 Å². The first kappa shape index (κ1) is 29.0. The van der Waals surface area contributed by atoms with E-state index in [1.54, 1.807) is 97.1 Å². The Kier molecular flexibility index (Phi) is 8.77. The van der Waals surface area contributed by atoms with Gasteiger partial charge in [0.2, 0.25) is 0 Å². The Bertz CT molecular complexity index is 1640. The van der Waals surface area contributed by atoms with Crippen LogP contribution in [0.3, 0.4) is 0 Å². The fourth-order valence-electron chi connectivity index (χ4n) is 4.77. The van der Waals surface area contributed by atoms with E-state index in [0.717, 1.165) is 9.80 Å². The second-order valence-electron chi connectivity index (χ2n) is 9.61. The van der Waals surface area contributed by atoms with Gasteiger partial charge in [0.05, 0.1) is 18.0 Å². The normalized spacial score (nSPS) is 13.3. The zero-order valence-corrected chi connectivity index (χ0v) is 23.5. The summed E-state index contributed by atoms with van der Waals surface area (Å²) in [4.78, 5) is 43.1. The van der Waals surface area contributed by atoms with Crippen LogP contribution in [0.1, 0.15) is 23.6 Å². The summed E-state index contributed by atoms with van der Waals surface area (Å²) in [5.41, 5.74) is 1.97. The molecule has 7 nitrogen and oxygen atoms in total. The molecule has 0 spiro atoms. The highest BCUT2D eigenvalue weighted by atomic mass is 19.1. The highest BCUT2D eigenvalue weighted by Gasteiger charge is 2.43. The average Bonchev–Trinajstić information content (AvgIpc) is 3.01. The molecule has 1 heterocycles. The third kappa shape index (κ3) is 6.08. The van der Waals surface area contributed by atoms with Crippen LogP contribution in [-0.2, 0) is 22.6 Å². The summed E-state index contributed by atoms with van der Waals surface area (Å²) in [5, 5.41) is 0. The number of nitrogens with zero attached hydrogens (tertiary/aromatic N) is 2. The molecule has 1 aliphatic heterocycles. The second-order valence-corrected chi connectivity index (χ2v) is 9.61. The first-order chi connectivity index (χ1) is 20.9. The van der Waals surface area contributed by atoms with Crippen molar-refractivity contribution in [3.8, 4) is 11.5 Å². The van der Waals surface area contributed by atoms with E-state index in [1.807, 2.05) is 6.92 Å². The monoisotopic (exact) mass is 576 g/mol. The van der Waals surface area contributed by atoms with Crippen LogP contribution in [-0.4, -0.2) is 24.5 Å². The maximum atomic E-state index is 14.3. The van der Waals surface area contributed by atoms with E-state index in [2.05, 4.69) is 6.58 Å². The molecule has 1 fully saturated rings. The Balaban J connectivity index is 1.60. The Labute approximate surface area is 249 Å². The number of urea groups is 1. The molecule has 5 rings (SSSR count). The van der Waals surface area contributed by atoms with Gasteiger partial charge in [-0.1, -0.05) is 60.7 Å². The lowest BCUT2D eigenvalue weighted by Crippen LogP contribution is -2.57. The number of anilines is 2. The van der Waals surface area contributed by atoms with Crippen molar-refractivity contribution in [2.45, 2.75) is 20.0 Å². The highest BCUT2D eigenvalue weighted by molar-refractivity contribution is 6.46. The van der Waals surface area contributed by atoms with Gasteiger partial charge in [-0.2, -0.15) is 0 Å². The van der Waals surface area contributed by atoms with Gasteiger partial charge in [0.25, 0.3) is 11.8 Å². The quantitative estimate of drug-likeness (QED) is 0.114. The Morgan fingerprint density at radius 1 is 0.767 bits per heavy atom. The van der Waals surface area contributed by atoms with E-state index in [4.69, 9.17) is 9.47 Å². The summed E-state index contributed by atoms with van der Waals surface area (Å²) in [6.07, 6.45) is 3.50. The Morgan fingerprint density at radius 3 is 1.91 bits per heavy atom. The maximum Gasteiger partial charge on any atom is 0.343 e. The van der Waals surface area contributed by atoms with Crippen LogP contribution >= 0.6 is 0 Å². The molecule has 0 aliphatic carbocycles. The van der Waals surface area contributed by atoms with Gasteiger partial charge in [-0.05, 0) is 67.4 Å². The lowest BCUT2D eigenvalue weighted by molar-refractivity contribution is -0.121. The molecule has 4 aromatic carbocycles. The van der Waals surface area contributed by atoms with Crippen LogP contribution < -0.4 is 19.3 Å². The number of imide groups is 2. The number of barbiturate groups is 1. The minimum absolute atomic E-state index is 0.0333. The molecular formula is C35H29FN2O5. The smallest absolute Gasteiger partial charge is 0.343 e. The number of benzene rings is 4. The highest BCUT2D eigenvalue weighted by Crippen LogP contribution is 2.36. The number of ether oxygens (including phenoxy) is 2. The zero-order chi connectivity index (χ0) is 30.3. The largest absolute Gasteiger partial charge is 0.490 e. The van der Waals surface area contributed by atoms with Gasteiger partial charge in [-0.25, -0.2) is 19.0 Å². The topological polar surface area (TPSA) is 76.2 Å². The number of hydrogen-bond acceptors (Lipinski definition) is 5. The SMILES string of the molecule is C=CCc1cc(C=C2C(=O)N(c3ccccc3)C(=O)N(c3ccccc3)C2=O)cc(OCC)c1OCc1ccccc1F. The predicted molar refractivity (Wildman–Crippen MR) is 163 cm³/mol. The molecule has 1 aliphatic rings. The van der Waals surface area contributed by atoms with Gasteiger partial charge >= 0.3 is 6.03 Å². The summed E-state index contributed by atoms with van der Waals surface area (Å²) in [6, 6.07) is 25.8. The number of amides is 4. The van der Waals surface area contributed by atoms with E-state index in [1.165, 1.54) is 12.1 Å². The summed E-state index contributed by atoms with van der Waals surface area (Å²) < 4.78 is 26.3. The van der Waals surface area contributed by atoms with Crippen molar-refractivity contribution in [1.82, 2.24) is 0 Å². The molecule has 43 heavy (non-hydrogen) atoms. The Hall–Kier alpha value is -5.50. The number of rotatable bonds is 10. The molecular weight excluding hydrogens is 547 g/mol. The van der Waals surface area contributed by atoms with Crippen LogP contribution in [0.5, 0.6) is 11.5 Å². The van der Waals surface area contributed by atoms with Gasteiger partial charge in [-0.3, -0.25) is 9.59 Å². The third-order valence-electron chi connectivity index (χ3n) is 6.74. The zero-order valence-electron chi connectivity index (χ0n) is 23.5. The molecule has 0 saturated carbocycles. The van der Waals surface area contributed by atoms with Crippen LogP contribution in [0, 0.1) is 5.82 Å². The molecule has 0 radical (unpaired) electrons. The van der Waals surface area contributed by atoms with E-state index >= 15 is 0 Å². The Morgan fingerprint density at radius 2 is 1.35 bits per heavy atom. The molecule has 0 unspecified atom stereocenters. The van der Waals surface area contributed by atoms with Crippen LogP contribution in [0.15, 0.2) is 115 Å². The van der Waals surface area contributed by atoms with Crippen molar-refractivity contribution in [2.24, 2.45) is 0 Å². The molecule has 0 aromatic heterocycles. The van der Waals surface area contributed by atoms with Crippen LogP contribution in [0.4, 0.5) is 20.6 Å². The fourth-order valence-corrected chi connectivity index (χ4v) is 4.77. The van der Waals surface area contributed by atoms with Crippen molar-refractivity contribution in [3.05, 3.63) is 138 Å². The minimum atomic E-state index is -0.774. The first-order valence-electron chi connectivity index (χ1n) is 13.7. The molecule has 0 atom stereocenters. The standard InChI is InChI=1S/C35H29FN2O5/c1-3-13-25-20-24(22-31(42-4-2)32(25)43-23-26-14-11-12-19-30(26)36)21-29-33(39)37(27-15-7-5-8-16-27)35(41)38(34(29)40)28-17-9-6-10-18-28/h3,5-12,14-22H,1,4,13,23H2,2H3. The van der Waals surface area contributed by atoms with Gasteiger partial charge in [-0.15, -0.1) is 6.58 Å². The summed E-state index contributed by atoms with van der Waals surface area (Å²) in [6.45, 7) is 5.92. The van der Waals surface area contributed by atoms with E-state index in [9.17, 15) is 18.8 Å². The maximum absolute atomic E-state index is 14.3. The molecule has 0 N–H and O–H groups in total. The van der Waals surface area contributed by atoms with Gasteiger partial charge in [0.1, 0.15) is 18.0 Å². The van der Waals surface area contributed by atoms with Crippen molar-refractivity contribution >= 4 is 35.3 Å². The number of hydrogen-bond donors (Lipinski definition) is 0. The van der Waals surface area contributed by atoms with E-state index in [0.29, 0.717) is 52.6 Å². The predicted octanol–water partition coefficient (Wildman–Crippen LogP) is 7.12. The van der Waals surface area contributed by atoms with Crippen molar-refractivity contribution < 1.29 is 28.2 Å². The summed E-state index contributed by atoms with van der Waals surface area (Å²) >= 11 is 0. The van der Waals surface area contributed by atoms with Crippen molar-refractivity contribution in [3.63, 3.8) is 0 Å². The van der Waals surface area contributed by atoms with E-state index < -0.39 is 17.8 Å².